The van der Waals surface area contributed by atoms with Crippen LogP contribution in [0.4, 0.5) is 0 Å². The minimum Gasteiger partial charge on any atom is -0.481 e. The number of unbranched alkanes of at least 4 members (excludes halogenated alkanes) is 14. The third kappa shape index (κ3) is 35.0. The Bertz CT molecular complexity index is 907. The number of hydrogen-bond donors (Lipinski definition) is 3. The molecule has 11 heteroatoms. The highest BCUT2D eigenvalue weighted by atomic mass is 16.5. The van der Waals surface area contributed by atoms with Crippen molar-refractivity contribution in [1.82, 2.24) is 5.32 Å². The number of nitrogens with one attached hydrogen (secondary N) is 1. The molecular formula is C38H67NO10. The van der Waals surface area contributed by atoms with Crippen LogP contribution in [0.15, 0.2) is 0 Å². The minimum atomic E-state index is -1.10. The van der Waals surface area contributed by atoms with Gasteiger partial charge in [-0.3, -0.25) is 24.0 Å². The van der Waals surface area contributed by atoms with Crippen molar-refractivity contribution in [2.75, 3.05) is 33.0 Å². The molecule has 284 valence electrons. The molecule has 11 nitrogen and oxygen atoms in total. The first-order chi connectivity index (χ1) is 23.6. The summed E-state index contributed by atoms with van der Waals surface area (Å²) in [6.45, 7) is 3.80. The van der Waals surface area contributed by atoms with Gasteiger partial charge in [0.15, 0.2) is 0 Å². The lowest BCUT2D eigenvalue weighted by molar-refractivity contribution is -0.144. The highest BCUT2D eigenvalue weighted by molar-refractivity contribution is 5.87. The molecule has 1 atom stereocenters. The topological polar surface area (TPSA) is 173 Å². The van der Waals surface area contributed by atoms with Crippen molar-refractivity contribution < 1.29 is 48.5 Å². The van der Waals surface area contributed by atoms with Gasteiger partial charge in [-0.1, -0.05) is 77.0 Å². The van der Waals surface area contributed by atoms with E-state index in [1.54, 1.807) is 0 Å². The second-order valence-corrected chi connectivity index (χ2v) is 13.3. The van der Waals surface area contributed by atoms with Crippen LogP contribution in [0.25, 0.3) is 0 Å². The summed E-state index contributed by atoms with van der Waals surface area (Å²) in [7, 11) is 0. The Morgan fingerprint density at radius 2 is 0.980 bits per heavy atom. The van der Waals surface area contributed by atoms with E-state index < -0.39 is 17.9 Å². The summed E-state index contributed by atoms with van der Waals surface area (Å²) >= 11 is 0. The first-order valence-corrected chi connectivity index (χ1v) is 19.0. The Hall–Kier alpha value is -2.66. The molecule has 0 fully saturated rings. The van der Waals surface area contributed by atoms with Crippen molar-refractivity contribution in [3.8, 4) is 0 Å². The van der Waals surface area contributed by atoms with Gasteiger partial charge in [-0.2, -0.15) is 0 Å². The van der Waals surface area contributed by atoms with Crippen LogP contribution in [0.3, 0.4) is 0 Å². The van der Waals surface area contributed by atoms with Gasteiger partial charge in [0, 0.05) is 64.7 Å². The Morgan fingerprint density at radius 3 is 1.47 bits per heavy atom. The summed E-state index contributed by atoms with van der Waals surface area (Å²) in [5.74, 6) is -3.03. The fourth-order valence-electron chi connectivity index (χ4n) is 5.50. The summed E-state index contributed by atoms with van der Waals surface area (Å²) < 4.78 is 11.1. The van der Waals surface area contributed by atoms with Gasteiger partial charge in [0.25, 0.3) is 0 Å². The number of Topliss-reactive ketones (excluding diaryl/α,β-unsaturated/α-hetero) is 3. The molecule has 0 aliphatic rings. The quantitative estimate of drug-likeness (QED) is 0.0552. The van der Waals surface area contributed by atoms with Crippen LogP contribution in [0.5, 0.6) is 0 Å². The number of rotatable bonds is 38. The first-order valence-electron chi connectivity index (χ1n) is 19.0. The van der Waals surface area contributed by atoms with Gasteiger partial charge in [0.2, 0.25) is 5.91 Å². The summed E-state index contributed by atoms with van der Waals surface area (Å²) in [4.78, 5) is 68.9. The van der Waals surface area contributed by atoms with Gasteiger partial charge in [-0.05, 0) is 45.4 Å². The van der Waals surface area contributed by atoms with Crippen molar-refractivity contribution in [2.24, 2.45) is 5.92 Å². The third-order valence-electron chi connectivity index (χ3n) is 8.55. The first kappa shape index (κ1) is 46.3. The molecule has 0 rings (SSSR count). The van der Waals surface area contributed by atoms with Crippen molar-refractivity contribution in [3.63, 3.8) is 0 Å². The molecule has 0 bridgehead atoms. The van der Waals surface area contributed by atoms with Crippen LogP contribution < -0.4 is 5.32 Å². The van der Waals surface area contributed by atoms with Crippen LogP contribution in [0.1, 0.15) is 167 Å². The molecule has 0 spiro atoms. The third-order valence-corrected chi connectivity index (χ3v) is 8.55. The molecule has 1 amide bonds. The predicted octanol–water partition coefficient (Wildman–Crippen LogP) is 7.40. The standard InChI is InChI=1S/C38H67NO10/c1-32(40)22-23-33(38(46)47)31-35(42)24-25-36(43)39-26-18-28-49-30-29-48-27-17-16-20-34(41)19-14-12-10-8-6-4-2-3-5-7-9-11-13-15-21-37(44)45/h33H,2-31H2,1H3,(H,39,43)(H,44,45)(H,46,47)/t33-/m1/s1. The van der Waals surface area contributed by atoms with E-state index in [9.17, 15) is 33.9 Å². The molecule has 0 saturated heterocycles. The molecule has 0 unspecified atom stereocenters. The fourth-order valence-corrected chi connectivity index (χ4v) is 5.50. The summed E-state index contributed by atoms with van der Waals surface area (Å²) in [5, 5.41) is 20.6. The number of carbonyl (C=O) groups excluding carboxylic acids is 4. The van der Waals surface area contributed by atoms with Gasteiger partial charge in [0.05, 0.1) is 19.1 Å². The number of carboxylic acid groups (broad SMARTS) is 2. The van der Waals surface area contributed by atoms with Crippen LogP contribution in [0, 0.1) is 5.92 Å². The zero-order valence-electron chi connectivity index (χ0n) is 30.5. The number of ketones is 3. The largest absolute Gasteiger partial charge is 0.481 e. The van der Waals surface area contributed by atoms with Crippen LogP contribution in [-0.4, -0.2) is 78.4 Å². The van der Waals surface area contributed by atoms with E-state index >= 15 is 0 Å². The van der Waals surface area contributed by atoms with E-state index in [1.165, 1.54) is 64.7 Å². The summed E-state index contributed by atoms with van der Waals surface area (Å²) in [6, 6.07) is 0. The average Bonchev–Trinajstić information content (AvgIpc) is 3.05. The van der Waals surface area contributed by atoms with Crippen LogP contribution in [-0.2, 0) is 38.2 Å². The lowest BCUT2D eigenvalue weighted by Crippen LogP contribution is -2.26. The monoisotopic (exact) mass is 697 g/mol. The second kappa shape index (κ2) is 33.8. The SMILES string of the molecule is CC(=O)CC[C@H](CC(=O)CCC(=O)NCCCOCCOCCCCC(=O)CCCCCCCCCCCCCCCCC(=O)O)C(=O)O. The van der Waals surface area contributed by atoms with Gasteiger partial charge in [-0.15, -0.1) is 0 Å². The minimum absolute atomic E-state index is 0.00273. The fraction of sp³-hybridized carbons (Fsp3) is 0.842. The zero-order valence-corrected chi connectivity index (χ0v) is 30.5. The van der Waals surface area contributed by atoms with E-state index in [-0.39, 0.29) is 49.6 Å². The Labute approximate surface area is 295 Å². The summed E-state index contributed by atoms with van der Waals surface area (Å²) in [5.41, 5.74) is 0. The molecule has 0 aliphatic carbocycles. The molecule has 0 aromatic heterocycles. The summed E-state index contributed by atoms with van der Waals surface area (Å²) in [6.07, 6.45) is 20.5. The number of carboxylic acids is 2. The van der Waals surface area contributed by atoms with Crippen molar-refractivity contribution in [2.45, 2.75) is 167 Å². The van der Waals surface area contributed by atoms with E-state index in [0.29, 0.717) is 64.4 Å². The van der Waals surface area contributed by atoms with Gasteiger partial charge in [0.1, 0.15) is 17.3 Å². The van der Waals surface area contributed by atoms with Crippen molar-refractivity contribution in [1.29, 1.82) is 0 Å². The molecule has 3 N–H and O–H groups in total. The van der Waals surface area contributed by atoms with Gasteiger partial charge >= 0.3 is 11.9 Å². The molecule has 0 radical (unpaired) electrons. The normalized spacial score (nSPS) is 11.7. The number of amides is 1. The average molecular weight is 698 g/mol. The lowest BCUT2D eigenvalue weighted by atomic mass is 9.94. The maximum atomic E-state index is 12.1. The molecule has 0 aromatic carbocycles. The highest BCUT2D eigenvalue weighted by Gasteiger charge is 2.21. The number of carbonyl (C=O) groups is 6. The molecule has 0 saturated carbocycles. The zero-order chi connectivity index (χ0) is 36.4. The Balaban J connectivity index is 3.42. The molecule has 0 aromatic rings. The van der Waals surface area contributed by atoms with E-state index in [2.05, 4.69) is 5.32 Å². The Morgan fingerprint density at radius 1 is 0.510 bits per heavy atom. The maximum Gasteiger partial charge on any atom is 0.306 e. The molecular weight excluding hydrogens is 630 g/mol. The highest BCUT2D eigenvalue weighted by Crippen LogP contribution is 2.16. The number of ether oxygens (including phenoxy) is 2. The van der Waals surface area contributed by atoms with E-state index in [1.807, 2.05) is 0 Å². The van der Waals surface area contributed by atoms with Crippen molar-refractivity contribution >= 4 is 35.2 Å². The molecule has 0 aliphatic heterocycles. The number of aliphatic carboxylic acids is 2. The number of hydrogen-bond acceptors (Lipinski definition) is 8. The van der Waals surface area contributed by atoms with E-state index in [0.717, 1.165) is 44.9 Å². The lowest BCUT2D eigenvalue weighted by Gasteiger charge is -2.10. The predicted molar refractivity (Wildman–Crippen MR) is 190 cm³/mol. The smallest absolute Gasteiger partial charge is 0.306 e. The van der Waals surface area contributed by atoms with Gasteiger partial charge < -0.3 is 29.8 Å². The van der Waals surface area contributed by atoms with Crippen LogP contribution >= 0.6 is 0 Å². The van der Waals surface area contributed by atoms with E-state index in [4.69, 9.17) is 14.6 Å². The van der Waals surface area contributed by atoms with Crippen LogP contribution in [0.2, 0.25) is 0 Å². The van der Waals surface area contributed by atoms with Gasteiger partial charge in [-0.25, -0.2) is 0 Å². The molecule has 49 heavy (non-hydrogen) atoms. The maximum absolute atomic E-state index is 12.1. The Kier molecular flexibility index (Phi) is 32.0. The molecule has 0 heterocycles. The van der Waals surface area contributed by atoms with Crippen molar-refractivity contribution in [3.05, 3.63) is 0 Å². The second-order valence-electron chi connectivity index (χ2n) is 13.3.